The molecule has 2 rings (SSSR count). The van der Waals surface area contributed by atoms with E-state index in [1.165, 1.54) is 0 Å². The van der Waals surface area contributed by atoms with Gasteiger partial charge >= 0.3 is 5.97 Å². The molecule has 17 heavy (non-hydrogen) atoms. The van der Waals surface area contributed by atoms with E-state index in [0.29, 0.717) is 11.5 Å². The Labute approximate surface area is 96.9 Å². The van der Waals surface area contributed by atoms with Gasteiger partial charge in [-0.05, 0) is 24.3 Å². The fourth-order valence-corrected chi connectivity index (χ4v) is 1.34. The minimum absolute atomic E-state index is 0.469. The molecule has 0 aliphatic carbocycles. The lowest BCUT2D eigenvalue weighted by Crippen LogP contribution is -2.25. The normalized spacial score (nSPS) is 12.1. The minimum atomic E-state index is -0.907. The number of carboxylic acids is 1. The van der Waals surface area contributed by atoms with E-state index in [2.05, 4.69) is 25.9 Å². The van der Waals surface area contributed by atoms with Crippen LogP contribution in [0.1, 0.15) is 6.92 Å². The summed E-state index contributed by atoms with van der Waals surface area (Å²) < 4.78 is 0. The maximum Gasteiger partial charge on any atom is 0.325 e. The zero-order valence-electron chi connectivity index (χ0n) is 9.08. The minimum Gasteiger partial charge on any atom is -0.480 e. The molecule has 0 fully saturated rings. The predicted octanol–water partition coefficient (Wildman–Crippen LogP) is 0.752. The smallest absolute Gasteiger partial charge is 0.325 e. The van der Waals surface area contributed by atoms with Crippen LogP contribution in [-0.2, 0) is 4.79 Å². The van der Waals surface area contributed by atoms with Crippen LogP contribution < -0.4 is 5.32 Å². The number of benzene rings is 1. The molecule has 0 bridgehead atoms. The van der Waals surface area contributed by atoms with Crippen LogP contribution in [-0.4, -0.2) is 37.7 Å². The zero-order valence-corrected chi connectivity index (χ0v) is 9.08. The molecule has 0 amide bonds. The van der Waals surface area contributed by atoms with Gasteiger partial charge in [-0.25, -0.2) is 0 Å². The van der Waals surface area contributed by atoms with Crippen molar-refractivity contribution in [1.29, 1.82) is 0 Å². The third-order valence-corrected chi connectivity index (χ3v) is 2.22. The molecule has 0 radical (unpaired) electrons. The van der Waals surface area contributed by atoms with Crippen molar-refractivity contribution < 1.29 is 9.90 Å². The number of hydrogen-bond acceptors (Lipinski definition) is 5. The van der Waals surface area contributed by atoms with Crippen molar-refractivity contribution in [1.82, 2.24) is 20.6 Å². The van der Waals surface area contributed by atoms with Crippen molar-refractivity contribution in [3.63, 3.8) is 0 Å². The lowest BCUT2D eigenvalue weighted by atomic mass is 10.2. The molecule has 88 valence electrons. The number of rotatable bonds is 4. The predicted molar refractivity (Wildman–Crippen MR) is 60.3 cm³/mol. The highest BCUT2D eigenvalue weighted by Gasteiger charge is 2.10. The van der Waals surface area contributed by atoms with Gasteiger partial charge in [0.2, 0.25) is 5.82 Å². The average Bonchev–Trinajstić information content (AvgIpc) is 2.82. The topological polar surface area (TPSA) is 104 Å². The summed E-state index contributed by atoms with van der Waals surface area (Å²) in [6.45, 7) is 1.57. The number of aromatic nitrogens is 4. The largest absolute Gasteiger partial charge is 0.480 e. The number of hydrogen-bond donors (Lipinski definition) is 3. The first-order valence-electron chi connectivity index (χ1n) is 5.00. The Bertz CT molecular complexity index is 511. The number of nitrogens with zero attached hydrogens (tertiary/aromatic N) is 3. The Hall–Kier alpha value is -2.44. The molecule has 7 heteroatoms. The Morgan fingerprint density at radius 2 is 2.35 bits per heavy atom. The SMILES string of the molecule is CC(Nc1cccc(-c2nn[nH]n2)c1)C(=O)O. The summed E-state index contributed by atoms with van der Waals surface area (Å²) in [5, 5.41) is 25.2. The van der Waals surface area contributed by atoms with Crippen molar-refractivity contribution in [3.8, 4) is 11.4 Å². The second kappa shape index (κ2) is 4.60. The number of aromatic amines is 1. The number of anilines is 1. The maximum absolute atomic E-state index is 10.7. The molecule has 7 nitrogen and oxygen atoms in total. The molecule has 1 aromatic carbocycles. The third kappa shape index (κ3) is 2.57. The summed E-state index contributed by atoms with van der Waals surface area (Å²) in [7, 11) is 0. The monoisotopic (exact) mass is 233 g/mol. The molecule has 3 N–H and O–H groups in total. The number of H-pyrrole nitrogens is 1. The lowest BCUT2D eigenvalue weighted by Gasteiger charge is -2.10. The molecule has 2 aromatic rings. The van der Waals surface area contributed by atoms with Crippen LogP contribution >= 0.6 is 0 Å². The van der Waals surface area contributed by atoms with Crippen molar-refractivity contribution in [3.05, 3.63) is 24.3 Å². The van der Waals surface area contributed by atoms with E-state index >= 15 is 0 Å². The van der Waals surface area contributed by atoms with Gasteiger partial charge in [0.1, 0.15) is 6.04 Å². The van der Waals surface area contributed by atoms with Crippen molar-refractivity contribution in [2.75, 3.05) is 5.32 Å². The Morgan fingerprint density at radius 3 is 3.00 bits per heavy atom. The summed E-state index contributed by atoms with van der Waals surface area (Å²) in [6, 6.07) is 6.51. The average molecular weight is 233 g/mol. The summed E-state index contributed by atoms with van der Waals surface area (Å²) in [6.07, 6.45) is 0. The molecule has 0 saturated heterocycles. The quantitative estimate of drug-likeness (QED) is 0.720. The molecule has 1 heterocycles. The highest BCUT2D eigenvalue weighted by Crippen LogP contribution is 2.18. The first-order valence-corrected chi connectivity index (χ1v) is 5.00. The number of carbonyl (C=O) groups is 1. The second-order valence-corrected chi connectivity index (χ2v) is 3.52. The van der Waals surface area contributed by atoms with Gasteiger partial charge in [0.15, 0.2) is 0 Å². The van der Waals surface area contributed by atoms with E-state index in [-0.39, 0.29) is 0 Å². The highest BCUT2D eigenvalue weighted by molar-refractivity contribution is 5.77. The Kier molecular flexibility index (Phi) is 2.99. The van der Waals surface area contributed by atoms with Crippen LogP contribution in [0.25, 0.3) is 11.4 Å². The Morgan fingerprint density at radius 1 is 1.53 bits per heavy atom. The van der Waals surface area contributed by atoms with E-state index in [9.17, 15) is 4.79 Å². The fourth-order valence-electron chi connectivity index (χ4n) is 1.34. The number of aliphatic carboxylic acids is 1. The lowest BCUT2D eigenvalue weighted by molar-refractivity contribution is -0.137. The van der Waals surface area contributed by atoms with E-state index in [1.807, 2.05) is 6.07 Å². The second-order valence-electron chi connectivity index (χ2n) is 3.52. The first kappa shape index (κ1) is 11.1. The van der Waals surface area contributed by atoms with Gasteiger partial charge in [-0.1, -0.05) is 12.1 Å². The van der Waals surface area contributed by atoms with E-state index < -0.39 is 12.0 Å². The standard InChI is InChI=1S/C10H11N5O2/c1-6(10(16)17)11-8-4-2-3-7(5-8)9-12-14-15-13-9/h2-6,11H,1H3,(H,16,17)(H,12,13,14,15). The van der Waals surface area contributed by atoms with Crippen LogP contribution in [0.5, 0.6) is 0 Å². The summed E-state index contributed by atoms with van der Waals surface area (Å²) in [5.74, 6) is -0.438. The van der Waals surface area contributed by atoms with Gasteiger partial charge in [-0.3, -0.25) is 4.79 Å². The molecular weight excluding hydrogens is 222 g/mol. The van der Waals surface area contributed by atoms with Gasteiger partial charge in [0.25, 0.3) is 0 Å². The summed E-state index contributed by atoms with van der Waals surface area (Å²) in [4.78, 5) is 10.7. The van der Waals surface area contributed by atoms with Crippen LogP contribution in [0.3, 0.4) is 0 Å². The molecule has 0 aliphatic rings. The van der Waals surface area contributed by atoms with E-state index in [1.54, 1.807) is 25.1 Å². The molecule has 0 saturated carbocycles. The van der Waals surface area contributed by atoms with Crippen molar-refractivity contribution >= 4 is 11.7 Å². The van der Waals surface area contributed by atoms with Crippen LogP contribution in [0.15, 0.2) is 24.3 Å². The first-order chi connectivity index (χ1) is 8.16. The fraction of sp³-hybridized carbons (Fsp3) is 0.200. The maximum atomic E-state index is 10.7. The van der Waals surface area contributed by atoms with Crippen molar-refractivity contribution in [2.45, 2.75) is 13.0 Å². The third-order valence-electron chi connectivity index (χ3n) is 2.22. The summed E-state index contributed by atoms with van der Waals surface area (Å²) in [5.41, 5.74) is 1.46. The Balaban J connectivity index is 2.20. The van der Waals surface area contributed by atoms with Gasteiger partial charge < -0.3 is 10.4 Å². The van der Waals surface area contributed by atoms with Crippen LogP contribution in [0.2, 0.25) is 0 Å². The highest BCUT2D eigenvalue weighted by atomic mass is 16.4. The molecule has 1 aromatic heterocycles. The van der Waals surface area contributed by atoms with Crippen LogP contribution in [0.4, 0.5) is 5.69 Å². The van der Waals surface area contributed by atoms with E-state index in [0.717, 1.165) is 5.56 Å². The number of nitrogens with one attached hydrogen (secondary N) is 2. The van der Waals surface area contributed by atoms with Gasteiger partial charge in [0.05, 0.1) is 0 Å². The van der Waals surface area contributed by atoms with Crippen molar-refractivity contribution in [2.24, 2.45) is 0 Å². The zero-order chi connectivity index (χ0) is 12.3. The molecule has 1 atom stereocenters. The molecule has 0 spiro atoms. The summed E-state index contributed by atoms with van der Waals surface area (Å²) >= 11 is 0. The van der Waals surface area contributed by atoms with Crippen LogP contribution in [0, 0.1) is 0 Å². The van der Waals surface area contributed by atoms with Gasteiger partial charge in [0, 0.05) is 11.3 Å². The number of tetrazole rings is 1. The van der Waals surface area contributed by atoms with Gasteiger partial charge in [-0.15, -0.1) is 10.2 Å². The number of carboxylic acid groups (broad SMARTS) is 1. The molecular formula is C10H11N5O2. The van der Waals surface area contributed by atoms with Gasteiger partial charge in [-0.2, -0.15) is 5.21 Å². The molecule has 0 aliphatic heterocycles. The van der Waals surface area contributed by atoms with E-state index in [4.69, 9.17) is 5.11 Å². The molecule has 1 unspecified atom stereocenters.